The van der Waals surface area contributed by atoms with Crippen LogP contribution in [0.25, 0.3) is 11.4 Å². The second-order valence-electron chi connectivity index (χ2n) is 5.33. The molecular weight excluding hydrogens is 280 g/mol. The van der Waals surface area contributed by atoms with Gasteiger partial charge in [-0.25, -0.2) is 9.97 Å². The van der Waals surface area contributed by atoms with Crippen LogP contribution in [0.3, 0.4) is 0 Å². The van der Waals surface area contributed by atoms with Gasteiger partial charge in [0.15, 0.2) is 5.82 Å². The van der Waals surface area contributed by atoms with Crippen LogP contribution in [0.1, 0.15) is 24.2 Å². The van der Waals surface area contributed by atoms with E-state index in [1.807, 2.05) is 38.1 Å². The summed E-state index contributed by atoms with van der Waals surface area (Å²) in [5, 5.41) is 2.80. The van der Waals surface area contributed by atoms with E-state index in [-0.39, 0.29) is 17.3 Å². The van der Waals surface area contributed by atoms with Crippen molar-refractivity contribution < 1.29 is 9.53 Å². The SMILES string of the molecule is COc1cccc(-c2ncc(C(=O)NCC(C)C)c(N)n2)c1. The zero-order valence-corrected chi connectivity index (χ0v) is 13.0. The lowest BCUT2D eigenvalue weighted by atomic mass is 10.2. The van der Waals surface area contributed by atoms with Crippen LogP contribution >= 0.6 is 0 Å². The molecule has 2 rings (SSSR count). The van der Waals surface area contributed by atoms with Crippen molar-refractivity contribution in [3.05, 3.63) is 36.0 Å². The summed E-state index contributed by atoms with van der Waals surface area (Å²) in [5.74, 6) is 1.43. The number of amides is 1. The first-order valence-electron chi connectivity index (χ1n) is 7.06. The topological polar surface area (TPSA) is 90.1 Å². The molecule has 1 aromatic carbocycles. The normalized spacial score (nSPS) is 10.5. The summed E-state index contributed by atoms with van der Waals surface area (Å²) >= 11 is 0. The van der Waals surface area contributed by atoms with Crippen molar-refractivity contribution >= 4 is 11.7 Å². The molecule has 0 aliphatic heterocycles. The third-order valence-electron chi connectivity index (χ3n) is 3.06. The van der Waals surface area contributed by atoms with Crippen molar-refractivity contribution in [2.45, 2.75) is 13.8 Å². The number of rotatable bonds is 5. The van der Waals surface area contributed by atoms with E-state index in [0.717, 1.165) is 5.56 Å². The van der Waals surface area contributed by atoms with E-state index in [1.54, 1.807) is 7.11 Å². The molecule has 22 heavy (non-hydrogen) atoms. The van der Waals surface area contributed by atoms with Gasteiger partial charge in [0.25, 0.3) is 5.91 Å². The zero-order valence-electron chi connectivity index (χ0n) is 13.0. The van der Waals surface area contributed by atoms with Crippen molar-refractivity contribution in [1.29, 1.82) is 0 Å². The summed E-state index contributed by atoms with van der Waals surface area (Å²) in [4.78, 5) is 20.5. The summed E-state index contributed by atoms with van der Waals surface area (Å²) in [7, 11) is 1.59. The van der Waals surface area contributed by atoms with Crippen LogP contribution < -0.4 is 15.8 Å². The number of carbonyl (C=O) groups is 1. The molecule has 3 N–H and O–H groups in total. The molecule has 1 amide bonds. The fraction of sp³-hybridized carbons (Fsp3) is 0.312. The molecule has 0 bridgehead atoms. The molecule has 0 unspecified atom stereocenters. The van der Waals surface area contributed by atoms with Crippen LogP contribution in [0, 0.1) is 5.92 Å². The largest absolute Gasteiger partial charge is 0.497 e. The van der Waals surface area contributed by atoms with E-state index < -0.39 is 0 Å². The summed E-state index contributed by atoms with van der Waals surface area (Å²) in [6.07, 6.45) is 1.45. The van der Waals surface area contributed by atoms with Gasteiger partial charge < -0.3 is 15.8 Å². The molecule has 2 aromatic rings. The molecule has 0 atom stereocenters. The van der Waals surface area contributed by atoms with Crippen LogP contribution in [-0.4, -0.2) is 29.5 Å². The number of benzene rings is 1. The van der Waals surface area contributed by atoms with Crippen LogP contribution in [-0.2, 0) is 0 Å². The highest BCUT2D eigenvalue weighted by Crippen LogP contribution is 2.22. The average Bonchev–Trinajstić information content (AvgIpc) is 2.52. The number of carbonyl (C=O) groups excluding carboxylic acids is 1. The smallest absolute Gasteiger partial charge is 0.256 e. The van der Waals surface area contributed by atoms with Gasteiger partial charge >= 0.3 is 0 Å². The van der Waals surface area contributed by atoms with E-state index in [2.05, 4.69) is 15.3 Å². The van der Waals surface area contributed by atoms with Gasteiger partial charge in [-0.05, 0) is 18.1 Å². The first-order valence-corrected chi connectivity index (χ1v) is 7.06. The second-order valence-corrected chi connectivity index (χ2v) is 5.33. The maximum Gasteiger partial charge on any atom is 0.256 e. The van der Waals surface area contributed by atoms with Gasteiger partial charge in [0.2, 0.25) is 0 Å². The lowest BCUT2D eigenvalue weighted by molar-refractivity contribution is 0.0949. The monoisotopic (exact) mass is 300 g/mol. The Morgan fingerprint density at radius 2 is 2.18 bits per heavy atom. The van der Waals surface area contributed by atoms with E-state index in [9.17, 15) is 4.79 Å². The van der Waals surface area contributed by atoms with Crippen molar-refractivity contribution in [2.24, 2.45) is 5.92 Å². The predicted octanol–water partition coefficient (Wildman–Crippen LogP) is 2.12. The molecular formula is C16H20N4O2. The number of nitrogens with zero attached hydrogens (tertiary/aromatic N) is 2. The van der Waals surface area contributed by atoms with Gasteiger partial charge in [0.1, 0.15) is 11.6 Å². The maximum absolute atomic E-state index is 12.0. The molecule has 0 fully saturated rings. The molecule has 0 saturated heterocycles. The minimum absolute atomic E-state index is 0.161. The fourth-order valence-corrected chi connectivity index (χ4v) is 1.86. The van der Waals surface area contributed by atoms with Gasteiger partial charge in [-0.15, -0.1) is 0 Å². The minimum Gasteiger partial charge on any atom is -0.497 e. The highest BCUT2D eigenvalue weighted by molar-refractivity contribution is 5.98. The predicted molar refractivity (Wildman–Crippen MR) is 85.6 cm³/mol. The van der Waals surface area contributed by atoms with E-state index >= 15 is 0 Å². The van der Waals surface area contributed by atoms with Crippen LogP contribution in [0.15, 0.2) is 30.5 Å². The Morgan fingerprint density at radius 1 is 1.41 bits per heavy atom. The Balaban J connectivity index is 2.23. The first-order chi connectivity index (χ1) is 10.5. The van der Waals surface area contributed by atoms with Crippen molar-refractivity contribution in [3.8, 4) is 17.1 Å². The van der Waals surface area contributed by atoms with Crippen molar-refractivity contribution in [1.82, 2.24) is 15.3 Å². The minimum atomic E-state index is -0.261. The molecule has 6 nitrogen and oxygen atoms in total. The van der Waals surface area contributed by atoms with Crippen LogP contribution in [0.2, 0.25) is 0 Å². The number of nitrogen functional groups attached to an aromatic ring is 1. The molecule has 0 saturated carbocycles. The van der Waals surface area contributed by atoms with Crippen LogP contribution in [0.5, 0.6) is 5.75 Å². The number of aromatic nitrogens is 2. The molecule has 1 aromatic heterocycles. The Morgan fingerprint density at radius 3 is 2.82 bits per heavy atom. The molecule has 6 heteroatoms. The molecule has 1 heterocycles. The van der Waals surface area contributed by atoms with Crippen LogP contribution in [0.4, 0.5) is 5.82 Å². The third kappa shape index (κ3) is 3.72. The van der Waals surface area contributed by atoms with Crippen molar-refractivity contribution in [2.75, 3.05) is 19.4 Å². The number of methoxy groups -OCH3 is 1. The highest BCUT2D eigenvalue weighted by Gasteiger charge is 2.13. The van der Waals surface area contributed by atoms with Gasteiger partial charge in [-0.1, -0.05) is 26.0 Å². The summed E-state index contributed by atoms with van der Waals surface area (Å²) in [6.45, 7) is 4.62. The van der Waals surface area contributed by atoms with Gasteiger partial charge in [0, 0.05) is 18.3 Å². The standard InChI is InChI=1S/C16H20N4O2/c1-10(2)8-19-16(21)13-9-18-15(20-14(13)17)11-5-4-6-12(7-11)22-3/h4-7,9-10H,8H2,1-3H3,(H,19,21)(H2,17,18,20). The number of ether oxygens (including phenoxy) is 1. The number of nitrogens with two attached hydrogens (primary N) is 1. The lowest BCUT2D eigenvalue weighted by Crippen LogP contribution is -2.28. The summed E-state index contributed by atoms with van der Waals surface area (Å²) < 4.78 is 5.17. The second kappa shape index (κ2) is 6.89. The van der Waals surface area contributed by atoms with Crippen molar-refractivity contribution in [3.63, 3.8) is 0 Å². The quantitative estimate of drug-likeness (QED) is 0.882. The van der Waals surface area contributed by atoms with Gasteiger partial charge in [-0.3, -0.25) is 4.79 Å². The summed E-state index contributed by atoms with van der Waals surface area (Å²) in [6, 6.07) is 7.35. The third-order valence-corrected chi connectivity index (χ3v) is 3.06. The number of hydrogen-bond donors (Lipinski definition) is 2. The number of anilines is 1. The Bertz CT molecular complexity index is 671. The van der Waals surface area contributed by atoms with E-state index in [1.165, 1.54) is 6.20 Å². The molecule has 0 spiro atoms. The Kier molecular flexibility index (Phi) is 4.93. The highest BCUT2D eigenvalue weighted by atomic mass is 16.5. The maximum atomic E-state index is 12.0. The van der Waals surface area contributed by atoms with E-state index in [4.69, 9.17) is 10.5 Å². The lowest BCUT2D eigenvalue weighted by Gasteiger charge is -2.10. The average molecular weight is 300 g/mol. The van der Waals surface area contributed by atoms with Gasteiger partial charge in [-0.2, -0.15) is 0 Å². The van der Waals surface area contributed by atoms with E-state index in [0.29, 0.717) is 24.0 Å². The Hall–Kier alpha value is -2.63. The number of nitrogens with one attached hydrogen (secondary N) is 1. The zero-order chi connectivity index (χ0) is 16.1. The summed E-state index contributed by atoms with van der Waals surface area (Å²) in [5.41, 5.74) is 6.96. The number of hydrogen-bond acceptors (Lipinski definition) is 5. The fourth-order valence-electron chi connectivity index (χ4n) is 1.86. The molecule has 0 aliphatic carbocycles. The Labute approximate surface area is 129 Å². The molecule has 0 aliphatic rings. The molecule has 116 valence electrons. The first kappa shape index (κ1) is 15.8. The van der Waals surface area contributed by atoms with Gasteiger partial charge in [0.05, 0.1) is 12.7 Å². The molecule has 0 radical (unpaired) electrons.